The van der Waals surface area contributed by atoms with Crippen molar-refractivity contribution in [2.75, 3.05) is 0 Å². The van der Waals surface area contributed by atoms with Crippen LogP contribution in [0.1, 0.15) is 24.2 Å². The van der Waals surface area contributed by atoms with E-state index in [1.54, 1.807) is 43.3 Å². The van der Waals surface area contributed by atoms with Crippen molar-refractivity contribution in [3.05, 3.63) is 64.4 Å². The fourth-order valence-electron chi connectivity index (χ4n) is 2.43. The smallest absolute Gasteiger partial charge is 0.343 e. The maximum Gasteiger partial charge on any atom is 0.343 e. The van der Waals surface area contributed by atoms with E-state index in [0.29, 0.717) is 16.7 Å². The molecule has 0 spiro atoms. The number of hydrogen-bond donors (Lipinski definition) is 1. The van der Waals surface area contributed by atoms with Gasteiger partial charge in [0.05, 0.1) is 29.6 Å². The largest absolute Gasteiger partial charge is 0.507 e. The van der Waals surface area contributed by atoms with Crippen molar-refractivity contribution in [3.63, 3.8) is 0 Å². The zero-order valence-corrected chi connectivity index (χ0v) is 11.9. The van der Waals surface area contributed by atoms with Crippen molar-refractivity contribution in [3.8, 4) is 5.75 Å². The quantitative estimate of drug-likeness (QED) is 0.749. The van der Waals surface area contributed by atoms with E-state index in [2.05, 4.69) is 0 Å². The summed E-state index contributed by atoms with van der Waals surface area (Å²) in [4.78, 5) is 24.4. The fraction of sp³-hybridized carbons (Fsp3) is 0.176. The molecule has 3 aromatic rings. The van der Waals surface area contributed by atoms with Crippen molar-refractivity contribution in [1.29, 1.82) is 0 Å². The molecule has 0 aliphatic heterocycles. The third kappa shape index (κ3) is 2.41. The molecule has 1 unspecified atom stereocenters. The minimum atomic E-state index is -0.786. The van der Waals surface area contributed by atoms with Crippen LogP contribution in [-0.2, 0) is 11.2 Å². The predicted molar refractivity (Wildman–Crippen MR) is 80.0 cm³/mol. The Kier molecular flexibility index (Phi) is 3.55. The van der Waals surface area contributed by atoms with Crippen molar-refractivity contribution in [2.45, 2.75) is 19.3 Å². The molecule has 1 atom stereocenters. The average molecular weight is 298 g/mol. The summed E-state index contributed by atoms with van der Waals surface area (Å²) in [5, 5.41) is 10.8. The maximum atomic E-state index is 12.3. The van der Waals surface area contributed by atoms with E-state index in [0.717, 1.165) is 0 Å². The van der Waals surface area contributed by atoms with Gasteiger partial charge in [0.15, 0.2) is 0 Å². The van der Waals surface area contributed by atoms with Gasteiger partial charge in [0.25, 0.3) is 0 Å². The molecule has 2 heterocycles. The van der Waals surface area contributed by atoms with E-state index in [1.807, 2.05) is 0 Å². The van der Waals surface area contributed by atoms with Crippen molar-refractivity contribution < 1.29 is 18.7 Å². The Morgan fingerprint density at radius 3 is 2.73 bits per heavy atom. The summed E-state index contributed by atoms with van der Waals surface area (Å²) in [5.41, 5.74) is -0.425. The molecule has 2 aromatic heterocycles. The van der Waals surface area contributed by atoms with Gasteiger partial charge in [-0.3, -0.25) is 4.79 Å². The molecule has 0 fully saturated rings. The number of rotatable bonds is 4. The van der Waals surface area contributed by atoms with E-state index in [4.69, 9.17) is 8.83 Å². The zero-order valence-electron chi connectivity index (χ0n) is 11.9. The molecule has 0 aliphatic rings. The molecule has 0 saturated heterocycles. The first-order chi connectivity index (χ1) is 10.6. The Bertz CT molecular complexity index is 874. The third-order valence-electron chi connectivity index (χ3n) is 3.66. The average Bonchev–Trinajstić information content (AvgIpc) is 3.00. The number of ketones is 1. The Morgan fingerprint density at radius 2 is 2.00 bits per heavy atom. The second kappa shape index (κ2) is 5.52. The van der Waals surface area contributed by atoms with Crippen LogP contribution in [0.15, 0.2) is 56.3 Å². The number of fused-ring (bicyclic) bond motifs is 1. The molecule has 112 valence electrons. The highest BCUT2D eigenvalue weighted by molar-refractivity contribution is 5.91. The number of para-hydroxylation sites is 1. The molecule has 0 radical (unpaired) electrons. The number of furan rings is 1. The highest BCUT2D eigenvalue weighted by atomic mass is 16.4. The Morgan fingerprint density at radius 1 is 1.23 bits per heavy atom. The van der Waals surface area contributed by atoms with Crippen molar-refractivity contribution in [1.82, 2.24) is 0 Å². The predicted octanol–water partition coefficient (Wildman–Crippen LogP) is 3.01. The van der Waals surface area contributed by atoms with Crippen LogP contribution < -0.4 is 5.63 Å². The van der Waals surface area contributed by atoms with Crippen LogP contribution in [0.5, 0.6) is 5.75 Å². The summed E-state index contributed by atoms with van der Waals surface area (Å²) >= 11 is 0. The number of aromatic hydroxyl groups is 1. The topological polar surface area (TPSA) is 80.7 Å². The monoisotopic (exact) mass is 298 g/mol. The number of benzene rings is 1. The fourth-order valence-corrected chi connectivity index (χ4v) is 2.43. The lowest BCUT2D eigenvalue weighted by Gasteiger charge is -2.12. The van der Waals surface area contributed by atoms with Crippen LogP contribution in [0.25, 0.3) is 11.0 Å². The van der Waals surface area contributed by atoms with Gasteiger partial charge in [-0.2, -0.15) is 0 Å². The molecular formula is C17H14O5. The SMILES string of the molecule is CC(C(=O)Cc1ccco1)c1c(O)c2ccccc2oc1=O. The summed E-state index contributed by atoms with van der Waals surface area (Å²) in [6, 6.07) is 10.0. The molecule has 0 amide bonds. The Balaban J connectivity index is 2.02. The molecule has 3 rings (SSSR count). The second-order valence-electron chi connectivity index (χ2n) is 5.09. The van der Waals surface area contributed by atoms with Gasteiger partial charge in [-0.1, -0.05) is 19.1 Å². The molecule has 5 heteroatoms. The minimum Gasteiger partial charge on any atom is -0.507 e. The van der Waals surface area contributed by atoms with Gasteiger partial charge in [0.2, 0.25) is 0 Å². The first-order valence-corrected chi connectivity index (χ1v) is 6.87. The van der Waals surface area contributed by atoms with Crippen LogP contribution in [0.3, 0.4) is 0 Å². The normalized spacial score (nSPS) is 12.4. The summed E-state index contributed by atoms with van der Waals surface area (Å²) in [5.74, 6) is -0.701. The molecule has 0 bridgehead atoms. The van der Waals surface area contributed by atoms with Crippen LogP contribution in [0.2, 0.25) is 0 Å². The standard InChI is InChI=1S/C17H14O5/c1-10(13(18)9-11-5-4-8-21-11)15-16(19)12-6-2-3-7-14(12)22-17(15)20/h2-8,10,19H,9H2,1H3. The number of carbonyl (C=O) groups excluding carboxylic acids is 1. The van der Waals surface area contributed by atoms with Crippen molar-refractivity contribution in [2.24, 2.45) is 0 Å². The van der Waals surface area contributed by atoms with Gasteiger partial charge in [0, 0.05) is 0 Å². The summed E-state index contributed by atoms with van der Waals surface area (Å²) in [6.45, 7) is 1.58. The number of carbonyl (C=O) groups is 1. The van der Waals surface area contributed by atoms with Crippen LogP contribution >= 0.6 is 0 Å². The summed E-state index contributed by atoms with van der Waals surface area (Å²) < 4.78 is 10.3. The van der Waals surface area contributed by atoms with Crippen LogP contribution in [-0.4, -0.2) is 10.9 Å². The van der Waals surface area contributed by atoms with E-state index in [1.165, 1.54) is 6.26 Å². The highest BCUT2D eigenvalue weighted by Gasteiger charge is 2.25. The van der Waals surface area contributed by atoms with E-state index in [9.17, 15) is 14.7 Å². The van der Waals surface area contributed by atoms with Gasteiger partial charge in [-0.15, -0.1) is 0 Å². The Hall–Kier alpha value is -2.82. The third-order valence-corrected chi connectivity index (χ3v) is 3.66. The first kappa shape index (κ1) is 14.1. The van der Waals surface area contributed by atoms with E-state index >= 15 is 0 Å². The molecule has 0 aliphatic carbocycles. The summed E-state index contributed by atoms with van der Waals surface area (Å²) in [7, 11) is 0. The van der Waals surface area contributed by atoms with Gasteiger partial charge in [0.1, 0.15) is 22.9 Å². The van der Waals surface area contributed by atoms with E-state index < -0.39 is 11.5 Å². The van der Waals surface area contributed by atoms with Gasteiger partial charge in [-0.25, -0.2) is 4.79 Å². The molecule has 22 heavy (non-hydrogen) atoms. The van der Waals surface area contributed by atoms with Gasteiger partial charge in [-0.05, 0) is 24.3 Å². The van der Waals surface area contributed by atoms with Gasteiger partial charge < -0.3 is 13.9 Å². The lowest BCUT2D eigenvalue weighted by atomic mass is 9.94. The molecule has 1 aromatic carbocycles. The van der Waals surface area contributed by atoms with Gasteiger partial charge >= 0.3 is 5.63 Å². The minimum absolute atomic E-state index is 0.0183. The lowest BCUT2D eigenvalue weighted by molar-refractivity contribution is -0.119. The zero-order chi connectivity index (χ0) is 15.7. The van der Waals surface area contributed by atoms with E-state index in [-0.39, 0.29) is 23.5 Å². The first-order valence-electron chi connectivity index (χ1n) is 6.87. The number of hydrogen-bond acceptors (Lipinski definition) is 5. The molecule has 5 nitrogen and oxygen atoms in total. The Labute approximate surface area is 125 Å². The van der Waals surface area contributed by atoms with Crippen molar-refractivity contribution >= 4 is 16.8 Å². The number of Topliss-reactive ketones (excluding diaryl/α,β-unsaturated/α-hetero) is 1. The maximum absolute atomic E-state index is 12.3. The van der Waals surface area contributed by atoms with Crippen LogP contribution in [0.4, 0.5) is 0 Å². The highest BCUT2D eigenvalue weighted by Crippen LogP contribution is 2.31. The van der Waals surface area contributed by atoms with Crippen LogP contribution in [0, 0.1) is 0 Å². The molecular weight excluding hydrogens is 284 g/mol. The summed E-state index contributed by atoms with van der Waals surface area (Å²) in [6.07, 6.45) is 1.54. The lowest BCUT2D eigenvalue weighted by Crippen LogP contribution is -2.19. The second-order valence-corrected chi connectivity index (χ2v) is 5.09. The molecule has 0 saturated carbocycles. The molecule has 1 N–H and O–H groups in total.